The second-order valence-electron chi connectivity index (χ2n) is 5.64. The van der Waals surface area contributed by atoms with E-state index in [2.05, 4.69) is 33.8 Å². The van der Waals surface area contributed by atoms with Crippen LogP contribution in [-0.4, -0.2) is 41.0 Å². The molecule has 0 radical (unpaired) electrons. The number of carbonyl (C=O) groups is 1. The third-order valence-corrected chi connectivity index (χ3v) is 4.29. The van der Waals surface area contributed by atoms with Crippen molar-refractivity contribution < 1.29 is 4.79 Å². The molecule has 0 spiro atoms. The topological polar surface area (TPSA) is 36.4 Å². The molecular weight excluding hydrogens is 262 g/mol. The van der Waals surface area contributed by atoms with E-state index < -0.39 is 0 Å². The Bertz CT molecular complexity index is 457. The SMILES string of the molecule is CC.CCC(=O)N1[C@@H]2CC[C@H]1CN(c1ccc(C)cn1)C2. The summed E-state index contributed by atoms with van der Waals surface area (Å²) in [6.07, 6.45) is 4.81. The number of hydrogen-bond donors (Lipinski definition) is 0. The molecule has 3 rings (SSSR count). The first-order valence-electron chi connectivity index (χ1n) is 8.18. The van der Waals surface area contributed by atoms with Crippen LogP contribution in [0, 0.1) is 6.92 Å². The highest BCUT2D eigenvalue weighted by molar-refractivity contribution is 5.77. The van der Waals surface area contributed by atoms with Crippen LogP contribution in [0.25, 0.3) is 0 Å². The van der Waals surface area contributed by atoms with Crippen molar-refractivity contribution in [1.29, 1.82) is 0 Å². The van der Waals surface area contributed by atoms with E-state index in [1.807, 2.05) is 27.0 Å². The van der Waals surface area contributed by atoms with Gasteiger partial charge in [0.15, 0.2) is 0 Å². The Hall–Kier alpha value is -1.58. The number of amides is 1. The van der Waals surface area contributed by atoms with E-state index in [0.717, 1.165) is 31.7 Å². The fourth-order valence-electron chi connectivity index (χ4n) is 3.33. The highest BCUT2D eigenvalue weighted by Gasteiger charge is 2.42. The monoisotopic (exact) mass is 289 g/mol. The van der Waals surface area contributed by atoms with Crippen molar-refractivity contribution in [2.24, 2.45) is 0 Å². The van der Waals surface area contributed by atoms with Crippen molar-refractivity contribution >= 4 is 11.7 Å². The molecule has 0 unspecified atom stereocenters. The van der Waals surface area contributed by atoms with E-state index in [0.29, 0.717) is 24.4 Å². The summed E-state index contributed by atoms with van der Waals surface area (Å²) in [5, 5.41) is 0. The molecule has 4 nitrogen and oxygen atoms in total. The first kappa shape index (κ1) is 15.8. The lowest BCUT2D eigenvalue weighted by atomic mass is 10.1. The lowest BCUT2D eigenvalue weighted by Gasteiger charge is -2.41. The maximum atomic E-state index is 12.0. The van der Waals surface area contributed by atoms with Crippen molar-refractivity contribution in [3.8, 4) is 0 Å². The number of carbonyl (C=O) groups excluding carboxylic acids is 1. The number of rotatable bonds is 2. The molecule has 0 saturated carbocycles. The second-order valence-corrected chi connectivity index (χ2v) is 5.64. The molecule has 4 heteroatoms. The molecule has 0 N–H and O–H groups in total. The highest BCUT2D eigenvalue weighted by atomic mass is 16.2. The molecule has 2 aliphatic heterocycles. The molecule has 0 aromatic carbocycles. The van der Waals surface area contributed by atoms with Gasteiger partial charge < -0.3 is 9.80 Å². The maximum absolute atomic E-state index is 12.0. The van der Waals surface area contributed by atoms with Gasteiger partial charge in [-0.25, -0.2) is 4.98 Å². The van der Waals surface area contributed by atoms with Crippen molar-refractivity contribution in [3.05, 3.63) is 23.9 Å². The average Bonchev–Trinajstić information content (AvgIpc) is 2.79. The Labute approximate surface area is 128 Å². The van der Waals surface area contributed by atoms with Gasteiger partial charge in [0.2, 0.25) is 5.91 Å². The molecule has 2 atom stereocenters. The van der Waals surface area contributed by atoms with Gasteiger partial charge in [0.05, 0.1) is 0 Å². The van der Waals surface area contributed by atoms with Gasteiger partial charge in [-0.2, -0.15) is 0 Å². The van der Waals surface area contributed by atoms with Gasteiger partial charge in [-0.3, -0.25) is 4.79 Å². The zero-order chi connectivity index (χ0) is 15.4. The van der Waals surface area contributed by atoms with Gasteiger partial charge in [-0.15, -0.1) is 0 Å². The second kappa shape index (κ2) is 6.92. The highest BCUT2D eigenvalue weighted by Crippen LogP contribution is 2.32. The third kappa shape index (κ3) is 3.20. The van der Waals surface area contributed by atoms with Crippen molar-refractivity contribution in [2.75, 3.05) is 18.0 Å². The number of fused-ring (bicyclic) bond motifs is 2. The van der Waals surface area contributed by atoms with Gasteiger partial charge in [-0.1, -0.05) is 26.8 Å². The summed E-state index contributed by atoms with van der Waals surface area (Å²) < 4.78 is 0. The summed E-state index contributed by atoms with van der Waals surface area (Å²) in [5.74, 6) is 1.36. The van der Waals surface area contributed by atoms with E-state index in [9.17, 15) is 4.79 Å². The zero-order valence-electron chi connectivity index (χ0n) is 13.7. The number of piperazine rings is 1. The Balaban J connectivity index is 0.000000774. The van der Waals surface area contributed by atoms with Gasteiger partial charge >= 0.3 is 0 Å². The first-order chi connectivity index (χ1) is 10.2. The summed E-state index contributed by atoms with van der Waals surface area (Å²) in [4.78, 5) is 21.0. The summed E-state index contributed by atoms with van der Waals surface area (Å²) in [6.45, 7) is 9.87. The largest absolute Gasteiger partial charge is 0.352 e. The number of aromatic nitrogens is 1. The normalized spacial score (nSPS) is 23.6. The van der Waals surface area contributed by atoms with Crippen LogP contribution >= 0.6 is 0 Å². The van der Waals surface area contributed by atoms with Gasteiger partial charge in [-0.05, 0) is 31.4 Å². The Morgan fingerprint density at radius 3 is 2.33 bits per heavy atom. The van der Waals surface area contributed by atoms with E-state index in [-0.39, 0.29) is 0 Å². The summed E-state index contributed by atoms with van der Waals surface area (Å²) in [6, 6.07) is 4.96. The van der Waals surface area contributed by atoms with Crippen molar-refractivity contribution in [1.82, 2.24) is 9.88 Å². The minimum atomic E-state index is 0.309. The Morgan fingerprint density at radius 2 is 1.86 bits per heavy atom. The van der Waals surface area contributed by atoms with Crippen LogP contribution < -0.4 is 4.90 Å². The molecule has 116 valence electrons. The summed E-state index contributed by atoms with van der Waals surface area (Å²) >= 11 is 0. The van der Waals surface area contributed by atoms with E-state index in [1.165, 1.54) is 5.56 Å². The minimum Gasteiger partial charge on any atom is -0.352 e. The molecule has 2 aliphatic rings. The zero-order valence-corrected chi connectivity index (χ0v) is 13.7. The fourth-order valence-corrected chi connectivity index (χ4v) is 3.33. The number of anilines is 1. The molecule has 1 aromatic heterocycles. The van der Waals surface area contributed by atoms with Crippen LogP contribution in [0.3, 0.4) is 0 Å². The molecular formula is C17H27N3O. The molecule has 2 saturated heterocycles. The Morgan fingerprint density at radius 1 is 1.24 bits per heavy atom. The Kier molecular flexibility index (Phi) is 5.21. The third-order valence-electron chi connectivity index (χ3n) is 4.29. The molecule has 0 aliphatic carbocycles. The summed E-state index contributed by atoms with van der Waals surface area (Å²) in [7, 11) is 0. The predicted octanol–water partition coefficient (Wildman–Crippen LogP) is 3.01. The predicted molar refractivity (Wildman–Crippen MR) is 86.5 cm³/mol. The maximum Gasteiger partial charge on any atom is 0.222 e. The van der Waals surface area contributed by atoms with Crippen molar-refractivity contribution in [3.63, 3.8) is 0 Å². The van der Waals surface area contributed by atoms with Crippen LogP contribution in [0.4, 0.5) is 5.82 Å². The fraction of sp³-hybridized carbons (Fsp3) is 0.647. The number of aryl methyl sites for hydroxylation is 1. The number of pyridine rings is 1. The first-order valence-corrected chi connectivity index (χ1v) is 8.18. The molecule has 1 amide bonds. The van der Waals surface area contributed by atoms with E-state index in [4.69, 9.17) is 0 Å². The summed E-state index contributed by atoms with van der Waals surface area (Å²) in [5.41, 5.74) is 1.19. The van der Waals surface area contributed by atoms with Gasteiger partial charge in [0.1, 0.15) is 5.82 Å². The molecule has 2 bridgehead atoms. The molecule has 1 aromatic rings. The van der Waals surface area contributed by atoms with Crippen LogP contribution in [0.1, 0.15) is 45.6 Å². The van der Waals surface area contributed by atoms with Gasteiger partial charge in [0.25, 0.3) is 0 Å². The lowest BCUT2D eigenvalue weighted by molar-refractivity contribution is -0.134. The van der Waals surface area contributed by atoms with E-state index >= 15 is 0 Å². The van der Waals surface area contributed by atoms with Crippen LogP contribution in [0.15, 0.2) is 18.3 Å². The van der Waals surface area contributed by atoms with Crippen LogP contribution in [-0.2, 0) is 4.79 Å². The molecule has 21 heavy (non-hydrogen) atoms. The lowest BCUT2D eigenvalue weighted by Crippen LogP contribution is -2.56. The van der Waals surface area contributed by atoms with Crippen LogP contribution in [0.5, 0.6) is 0 Å². The van der Waals surface area contributed by atoms with Gasteiger partial charge in [0, 0.05) is 37.8 Å². The number of nitrogens with zero attached hydrogens (tertiary/aromatic N) is 3. The van der Waals surface area contributed by atoms with E-state index in [1.54, 1.807) is 0 Å². The quantitative estimate of drug-likeness (QED) is 0.840. The standard InChI is InChI=1S/C15H21N3O.C2H6/c1-3-15(19)18-12-5-6-13(18)10-17(9-12)14-7-4-11(2)8-16-14;1-2/h4,7-8,12-13H,3,5-6,9-10H2,1-2H3;1-2H3/t12-,13+;. The molecule has 3 heterocycles. The molecule has 2 fully saturated rings. The van der Waals surface area contributed by atoms with Crippen molar-refractivity contribution in [2.45, 2.75) is 59.0 Å². The minimum absolute atomic E-state index is 0.309. The van der Waals surface area contributed by atoms with Crippen LogP contribution in [0.2, 0.25) is 0 Å². The average molecular weight is 289 g/mol. The number of hydrogen-bond acceptors (Lipinski definition) is 3. The smallest absolute Gasteiger partial charge is 0.222 e.